The SMILES string of the molecule is C=C/C(=C\C)n1c2c3ccccc3c3ccccc3c2c2c1c1cc(/C(=C/C=C\C)C3CC3)ccc1n2-c1ccccc1. The highest BCUT2D eigenvalue weighted by molar-refractivity contribution is 6.35. The number of nitrogens with zero attached hydrogens (tertiary/aromatic N) is 2. The van der Waals surface area contributed by atoms with Gasteiger partial charge in [0.2, 0.25) is 0 Å². The molecule has 208 valence electrons. The minimum Gasteiger partial charge on any atom is -0.307 e. The number of para-hydroxylation sites is 1. The topological polar surface area (TPSA) is 9.86 Å². The zero-order chi connectivity index (χ0) is 29.1. The Hall–Kier alpha value is -5.08. The number of hydrogen-bond acceptors (Lipinski definition) is 0. The normalized spacial score (nSPS) is 14.7. The summed E-state index contributed by atoms with van der Waals surface area (Å²) in [6.45, 7) is 8.49. The molecule has 1 aliphatic rings. The van der Waals surface area contributed by atoms with Crippen molar-refractivity contribution in [2.75, 3.05) is 0 Å². The molecule has 0 aliphatic heterocycles. The van der Waals surface area contributed by atoms with Crippen molar-refractivity contribution >= 4 is 65.7 Å². The average Bonchev–Trinajstić information content (AvgIpc) is 3.77. The van der Waals surface area contributed by atoms with E-state index in [1.54, 1.807) is 0 Å². The first-order valence-electron chi connectivity index (χ1n) is 15.3. The van der Waals surface area contributed by atoms with E-state index in [2.05, 4.69) is 151 Å². The highest BCUT2D eigenvalue weighted by Gasteiger charge is 2.29. The van der Waals surface area contributed by atoms with Gasteiger partial charge in [0.15, 0.2) is 0 Å². The summed E-state index contributed by atoms with van der Waals surface area (Å²) >= 11 is 0. The van der Waals surface area contributed by atoms with Crippen LogP contribution in [0.5, 0.6) is 0 Å². The van der Waals surface area contributed by atoms with Crippen LogP contribution in [0.3, 0.4) is 0 Å². The third-order valence-electron chi connectivity index (χ3n) is 9.13. The van der Waals surface area contributed by atoms with Crippen LogP contribution in [0.25, 0.3) is 71.3 Å². The lowest BCUT2D eigenvalue weighted by Crippen LogP contribution is -1.96. The summed E-state index contributed by atoms with van der Waals surface area (Å²) in [5.41, 5.74) is 9.92. The van der Waals surface area contributed by atoms with Gasteiger partial charge in [0, 0.05) is 27.5 Å². The molecule has 0 N–H and O–H groups in total. The molecule has 5 aromatic carbocycles. The third-order valence-corrected chi connectivity index (χ3v) is 9.13. The molecule has 0 amide bonds. The van der Waals surface area contributed by atoms with Crippen LogP contribution in [0.1, 0.15) is 32.3 Å². The van der Waals surface area contributed by atoms with Crippen molar-refractivity contribution in [3.05, 3.63) is 140 Å². The smallest absolute Gasteiger partial charge is 0.0810 e. The third kappa shape index (κ3) is 3.79. The molecular weight excluding hydrogens is 520 g/mol. The minimum atomic E-state index is 0.637. The maximum absolute atomic E-state index is 4.29. The zero-order valence-electron chi connectivity index (χ0n) is 24.7. The van der Waals surface area contributed by atoms with Crippen LogP contribution < -0.4 is 0 Å². The lowest BCUT2D eigenvalue weighted by Gasteiger charge is -2.14. The lowest BCUT2D eigenvalue weighted by molar-refractivity contribution is 1.15. The van der Waals surface area contributed by atoms with Gasteiger partial charge in [0.1, 0.15) is 0 Å². The van der Waals surface area contributed by atoms with Crippen LogP contribution in [0, 0.1) is 5.92 Å². The molecule has 0 spiro atoms. The molecule has 2 nitrogen and oxygen atoms in total. The number of rotatable bonds is 6. The Bertz CT molecular complexity index is 2310. The van der Waals surface area contributed by atoms with Crippen molar-refractivity contribution in [1.29, 1.82) is 0 Å². The fraction of sp³-hybridized carbons (Fsp3) is 0.122. The molecule has 0 bridgehead atoms. The van der Waals surface area contributed by atoms with E-state index in [4.69, 9.17) is 0 Å². The van der Waals surface area contributed by atoms with E-state index in [9.17, 15) is 0 Å². The summed E-state index contributed by atoms with van der Waals surface area (Å²) in [6.07, 6.45) is 13.3. The number of allylic oxidation sites excluding steroid dienone is 7. The van der Waals surface area contributed by atoms with Crippen molar-refractivity contribution in [3.8, 4) is 5.69 Å². The van der Waals surface area contributed by atoms with Crippen LogP contribution in [0.15, 0.2) is 134 Å². The Kier molecular flexibility index (Phi) is 5.97. The predicted octanol–water partition coefficient (Wildman–Crippen LogP) is 11.5. The molecule has 0 atom stereocenters. The molecule has 7 aromatic rings. The molecule has 2 aromatic heterocycles. The fourth-order valence-corrected chi connectivity index (χ4v) is 7.12. The van der Waals surface area contributed by atoms with E-state index in [1.807, 2.05) is 6.08 Å². The van der Waals surface area contributed by atoms with Gasteiger partial charge in [-0.2, -0.15) is 0 Å². The first-order valence-corrected chi connectivity index (χ1v) is 15.3. The van der Waals surface area contributed by atoms with E-state index in [0.29, 0.717) is 5.92 Å². The van der Waals surface area contributed by atoms with Crippen LogP contribution in [-0.2, 0) is 0 Å². The van der Waals surface area contributed by atoms with Crippen molar-refractivity contribution in [1.82, 2.24) is 9.13 Å². The molecule has 8 rings (SSSR count). The first-order chi connectivity index (χ1) is 21.2. The number of aromatic nitrogens is 2. The van der Waals surface area contributed by atoms with E-state index in [0.717, 1.165) is 5.70 Å². The van der Waals surface area contributed by atoms with Gasteiger partial charge in [0.05, 0.1) is 22.1 Å². The number of fused-ring (bicyclic) bond motifs is 10. The summed E-state index contributed by atoms with van der Waals surface area (Å²) in [4.78, 5) is 0. The lowest BCUT2D eigenvalue weighted by atomic mass is 9.97. The second kappa shape index (κ2) is 10.0. The van der Waals surface area contributed by atoms with Crippen molar-refractivity contribution in [2.24, 2.45) is 5.92 Å². The minimum absolute atomic E-state index is 0.637. The van der Waals surface area contributed by atoms with E-state index >= 15 is 0 Å². The zero-order valence-corrected chi connectivity index (χ0v) is 24.7. The van der Waals surface area contributed by atoms with Crippen LogP contribution in [0.2, 0.25) is 0 Å². The van der Waals surface area contributed by atoms with Gasteiger partial charge in [-0.05, 0) is 90.2 Å². The van der Waals surface area contributed by atoms with E-state index < -0.39 is 0 Å². The van der Waals surface area contributed by atoms with Gasteiger partial charge in [-0.1, -0.05) is 104 Å². The van der Waals surface area contributed by atoms with Gasteiger partial charge in [-0.3, -0.25) is 0 Å². The van der Waals surface area contributed by atoms with Crippen molar-refractivity contribution < 1.29 is 0 Å². The van der Waals surface area contributed by atoms with E-state index in [1.165, 1.54) is 84.0 Å². The second-order valence-electron chi connectivity index (χ2n) is 11.6. The molecule has 1 saturated carbocycles. The van der Waals surface area contributed by atoms with Gasteiger partial charge in [-0.15, -0.1) is 0 Å². The molecule has 1 fully saturated rings. The monoisotopic (exact) mass is 554 g/mol. The van der Waals surface area contributed by atoms with Gasteiger partial charge in [-0.25, -0.2) is 0 Å². The molecular formula is C41H34N2. The summed E-state index contributed by atoms with van der Waals surface area (Å²) < 4.78 is 4.96. The second-order valence-corrected chi connectivity index (χ2v) is 11.6. The highest BCUT2D eigenvalue weighted by atomic mass is 15.1. The Balaban J connectivity index is 1.67. The largest absolute Gasteiger partial charge is 0.307 e. The molecule has 0 unspecified atom stereocenters. The fourth-order valence-electron chi connectivity index (χ4n) is 7.12. The standard InChI is InChI=1S/C41H34N2/c1-4-7-17-31(27-22-23-27)28-24-25-37-36(26-28)40-41(42(37)30-15-9-8-10-16-30)38-34-20-13-11-18-32(34)33-19-12-14-21-35(33)39(38)43(40)29(5-2)6-3/h4-21,24-27H,2,22-23H2,1,3H3/b7-4-,29-6+,31-17+. The summed E-state index contributed by atoms with van der Waals surface area (Å²) in [6, 6.07) is 35.7. The summed E-state index contributed by atoms with van der Waals surface area (Å²) in [7, 11) is 0. The maximum Gasteiger partial charge on any atom is 0.0810 e. The Morgan fingerprint density at radius 2 is 1.40 bits per heavy atom. The van der Waals surface area contributed by atoms with Crippen LogP contribution in [0.4, 0.5) is 0 Å². The summed E-state index contributed by atoms with van der Waals surface area (Å²) in [5.74, 6) is 0.637. The van der Waals surface area contributed by atoms with Crippen LogP contribution >= 0.6 is 0 Å². The van der Waals surface area contributed by atoms with E-state index in [-0.39, 0.29) is 0 Å². The first kappa shape index (κ1) is 25.6. The average molecular weight is 555 g/mol. The number of benzene rings is 5. The predicted molar refractivity (Wildman–Crippen MR) is 187 cm³/mol. The van der Waals surface area contributed by atoms with Gasteiger partial charge >= 0.3 is 0 Å². The summed E-state index contributed by atoms with van der Waals surface area (Å²) in [5, 5.41) is 7.61. The van der Waals surface area contributed by atoms with Gasteiger partial charge in [0.25, 0.3) is 0 Å². The maximum atomic E-state index is 4.29. The highest BCUT2D eigenvalue weighted by Crippen LogP contribution is 2.48. The molecule has 2 heteroatoms. The Morgan fingerprint density at radius 3 is 2.07 bits per heavy atom. The molecule has 1 aliphatic carbocycles. The van der Waals surface area contributed by atoms with Gasteiger partial charge < -0.3 is 9.13 Å². The number of hydrogen-bond donors (Lipinski definition) is 0. The van der Waals surface area contributed by atoms with Crippen molar-refractivity contribution in [3.63, 3.8) is 0 Å². The Labute approximate surface area is 252 Å². The molecule has 2 heterocycles. The molecule has 0 radical (unpaired) electrons. The quantitative estimate of drug-likeness (QED) is 0.143. The Morgan fingerprint density at radius 1 is 0.721 bits per heavy atom. The molecule has 0 saturated heterocycles. The van der Waals surface area contributed by atoms with Crippen LogP contribution in [-0.4, -0.2) is 9.13 Å². The molecule has 43 heavy (non-hydrogen) atoms. The van der Waals surface area contributed by atoms with Crippen molar-refractivity contribution in [2.45, 2.75) is 26.7 Å².